The summed E-state index contributed by atoms with van der Waals surface area (Å²) < 4.78 is 10.8. The molecule has 0 fully saturated rings. The second kappa shape index (κ2) is 3.75. The smallest absolute Gasteiger partial charge is 0.231 e. The van der Waals surface area contributed by atoms with Crippen molar-refractivity contribution in [1.82, 2.24) is 9.97 Å². The lowest BCUT2D eigenvalue weighted by Gasteiger charge is -2.04. The highest BCUT2D eigenvalue weighted by atomic mass is 16.7. The Morgan fingerprint density at radius 1 is 1.11 bits per heavy atom. The first kappa shape index (κ1) is 10.4. The molecule has 3 aromatic rings. The molecule has 4 nitrogen and oxygen atoms in total. The Balaban J connectivity index is 1.92. The van der Waals surface area contributed by atoms with E-state index in [1.54, 1.807) is 0 Å². The van der Waals surface area contributed by atoms with Gasteiger partial charge in [0.15, 0.2) is 11.5 Å². The molecule has 1 aliphatic heterocycles. The molecule has 4 heteroatoms. The molecule has 2 heterocycles. The normalized spacial score (nSPS) is 13.1. The van der Waals surface area contributed by atoms with Crippen LogP contribution in [0, 0.1) is 6.92 Å². The van der Waals surface area contributed by atoms with Gasteiger partial charge in [0, 0.05) is 5.56 Å². The number of aryl methyl sites for hydroxylation is 1. The van der Waals surface area contributed by atoms with Crippen molar-refractivity contribution < 1.29 is 9.47 Å². The fourth-order valence-electron chi connectivity index (χ4n) is 2.38. The minimum atomic E-state index is 0.290. The monoisotopic (exact) mass is 252 g/mol. The predicted molar refractivity (Wildman–Crippen MR) is 72.4 cm³/mol. The molecule has 0 radical (unpaired) electrons. The van der Waals surface area contributed by atoms with Crippen LogP contribution in [0.25, 0.3) is 22.4 Å². The summed E-state index contributed by atoms with van der Waals surface area (Å²) in [5.41, 5.74) is 4.16. The van der Waals surface area contributed by atoms with Crippen molar-refractivity contribution in [1.29, 1.82) is 0 Å². The van der Waals surface area contributed by atoms with Gasteiger partial charge in [-0.15, -0.1) is 0 Å². The Labute approximate surface area is 110 Å². The van der Waals surface area contributed by atoms with Crippen LogP contribution in [-0.4, -0.2) is 16.8 Å². The van der Waals surface area contributed by atoms with Crippen LogP contribution in [0.15, 0.2) is 36.4 Å². The van der Waals surface area contributed by atoms with Crippen LogP contribution in [0.1, 0.15) is 5.56 Å². The van der Waals surface area contributed by atoms with Crippen molar-refractivity contribution in [2.24, 2.45) is 0 Å². The first-order valence-electron chi connectivity index (χ1n) is 6.16. The molecule has 0 bridgehead atoms. The lowest BCUT2D eigenvalue weighted by Crippen LogP contribution is -1.92. The fraction of sp³-hybridized carbons (Fsp3) is 0.133. The van der Waals surface area contributed by atoms with E-state index >= 15 is 0 Å². The SMILES string of the molecule is Cc1cc2c(cc1-c1nc3ccccc3[nH]1)OCO2. The molecule has 0 atom stereocenters. The van der Waals surface area contributed by atoms with E-state index in [1.165, 1.54) is 0 Å². The van der Waals surface area contributed by atoms with Crippen LogP contribution in [0.5, 0.6) is 11.5 Å². The van der Waals surface area contributed by atoms with Crippen molar-refractivity contribution in [2.75, 3.05) is 6.79 Å². The first-order valence-corrected chi connectivity index (χ1v) is 6.16. The number of nitrogens with zero attached hydrogens (tertiary/aromatic N) is 1. The molecule has 94 valence electrons. The first-order chi connectivity index (χ1) is 9.31. The molecule has 0 saturated carbocycles. The highest BCUT2D eigenvalue weighted by Crippen LogP contribution is 2.37. The standard InChI is InChI=1S/C15H12N2O2/c1-9-6-13-14(19-8-18-13)7-10(9)15-16-11-4-2-3-5-12(11)17-15/h2-7H,8H2,1H3,(H,16,17). The van der Waals surface area contributed by atoms with Crippen LogP contribution in [0.2, 0.25) is 0 Å². The Hall–Kier alpha value is -2.49. The molecule has 1 aliphatic rings. The van der Waals surface area contributed by atoms with Crippen molar-refractivity contribution in [2.45, 2.75) is 6.92 Å². The van der Waals surface area contributed by atoms with E-state index in [0.717, 1.165) is 39.5 Å². The van der Waals surface area contributed by atoms with Gasteiger partial charge in [-0.3, -0.25) is 0 Å². The van der Waals surface area contributed by atoms with E-state index in [9.17, 15) is 0 Å². The summed E-state index contributed by atoms with van der Waals surface area (Å²) in [7, 11) is 0. The van der Waals surface area contributed by atoms with Gasteiger partial charge in [0.25, 0.3) is 0 Å². The van der Waals surface area contributed by atoms with E-state index in [0.29, 0.717) is 6.79 Å². The number of rotatable bonds is 1. The Morgan fingerprint density at radius 3 is 2.74 bits per heavy atom. The van der Waals surface area contributed by atoms with E-state index in [1.807, 2.05) is 43.3 Å². The molecule has 19 heavy (non-hydrogen) atoms. The van der Waals surface area contributed by atoms with Crippen molar-refractivity contribution in [3.05, 3.63) is 42.0 Å². The van der Waals surface area contributed by atoms with Gasteiger partial charge in [-0.25, -0.2) is 4.98 Å². The van der Waals surface area contributed by atoms with Crippen LogP contribution in [0.3, 0.4) is 0 Å². The van der Waals surface area contributed by atoms with Gasteiger partial charge in [0.1, 0.15) is 5.82 Å². The van der Waals surface area contributed by atoms with E-state index in [-0.39, 0.29) is 0 Å². The average Bonchev–Trinajstić information content (AvgIpc) is 3.02. The van der Waals surface area contributed by atoms with Crippen LogP contribution in [-0.2, 0) is 0 Å². The quantitative estimate of drug-likeness (QED) is 0.723. The molecule has 0 spiro atoms. The highest BCUT2D eigenvalue weighted by Gasteiger charge is 2.17. The summed E-state index contributed by atoms with van der Waals surface area (Å²) in [5.74, 6) is 2.44. The van der Waals surface area contributed by atoms with E-state index in [4.69, 9.17) is 9.47 Å². The summed E-state index contributed by atoms with van der Waals surface area (Å²) in [4.78, 5) is 7.95. The highest BCUT2D eigenvalue weighted by molar-refractivity contribution is 5.80. The van der Waals surface area contributed by atoms with Gasteiger partial charge in [0.05, 0.1) is 11.0 Å². The number of ether oxygens (including phenoxy) is 2. The Kier molecular flexibility index (Phi) is 2.06. The molecule has 0 amide bonds. The fourth-order valence-corrected chi connectivity index (χ4v) is 2.38. The largest absolute Gasteiger partial charge is 0.454 e. The summed E-state index contributed by atoms with van der Waals surface area (Å²) in [6.45, 7) is 2.34. The molecule has 4 rings (SSSR count). The maximum atomic E-state index is 5.43. The third kappa shape index (κ3) is 1.57. The van der Waals surface area contributed by atoms with Crippen LogP contribution >= 0.6 is 0 Å². The molecular formula is C15H12N2O2. The zero-order valence-electron chi connectivity index (χ0n) is 10.4. The predicted octanol–water partition coefficient (Wildman–Crippen LogP) is 3.27. The third-order valence-electron chi connectivity index (χ3n) is 3.36. The number of H-pyrrole nitrogens is 1. The Morgan fingerprint density at radius 2 is 1.89 bits per heavy atom. The molecule has 0 saturated heterocycles. The zero-order valence-corrected chi connectivity index (χ0v) is 10.4. The lowest BCUT2D eigenvalue weighted by atomic mass is 10.1. The van der Waals surface area contributed by atoms with Gasteiger partial charge < -0.3 is 14.5 Å². The minimum Gasteiger partial charge on any atom is -0.454 e. The van der Waals surface area contributed by atoms with Crippen molar-refractivity contribution >= 4 is 11.0 Å². The van der Waals surface area contributed by atoms with Gasteiger partial charge in [-0.2, -0.15) is 0 Å². The maximum absolute atomic E-state index is 5.43. The van der Waals surface area contributed by atoms with Crippen LogP contribution in [0.4, 0.5) is 0 Å². The van der Waals surface area contributed by atoms with Gasteiger partial charge in [-0.1, -0.05) is 12.1 Å². The van der Waals surface area contributed by atoms with Crippen LogP contribution < -0.4 is 9.47 Å². The average molecular weight is 252 g/mol. The number of hydrogen-bond donors (Lipinski definition) is 1. The third-order valence-corrected chi connectivity index (χ3v) is 3.36. The second-order valence-corrected chi connectivity index (χ2v) is 4.62. The zero-order chi connectivity index (χ0) is 12.8. The summed E-state index contributed by atoms with van der Waals surface area (Å²) >= 11 is 0. The topological polar surface area (TPSA) is 47.1 Å². The number of aromatic nitrogens is 2. The molecule has 0 aliphatic carbocycles. The van der Waals surface area contributed by atoms with Crippen molar-refractivity contribution in [3.63, 3.8) is 0 Å². The van der Waals surface area contributed by atoms with Gasteiger partial charge >= 0.3 is 0 Å². The molecule has 2 aromatic carbocycles. The molecule has 1 N–H and O–H groups in total. The van der Waals surface area contributed by atoms with E-state index in [2.05, 4.69) is 9.97 Å². The number of para-hydroxylation sites is 2. The number of hydrogen-bond acceptors (Lipinski definition) is 3. The number of nitrogens with one attached hydrogen (secondary N) is 1. The number of imidazole rings is 1. The molecule has 0 unspecified atom stereocenters. The summed E-state index contributed by atoms with van der Waals surface area (Å²) in [6.07, 6.45) is 0. The number of benzene rings is 2. The maximum Gasteiger partial charge on any atom is 0.231 e. The lowest BCUT2D eigenvalue weighted by molar-refractivity contribution is 0.174. The second-order valence-electron chi connectivity index (χ2n) is 4.62. The van der Waals surface area contributed by atoms with Gasteiger partial charge in [0.2, 0.25) is 6.79 Å². The Bertz CT molecular complexity index is 744. The summed E-state index contributed by atoms with van der Waals surface area (Å²) in [6, 6.07) is 12.0. The number of aromatic amines is 1. The number of fused-ring (bicyclic) bond motifs is 2. The minimum absolute atomic E-state index is 0.290. The van der Waals surface area contributed by atoms with Crippen molar-refractivity contribution in [3.8, 4) is 22.9 Å². The summed E-state index contributed by atoms with van der Waals surface area (Å²) in [5, 5.41) is 0. The van der Waals surface area contributed by atoms with Gasteiger partial charge in [-0.05, 0) is 36.8 Å². The van der Waals surface area contributed by atoms with E-state index < -0.39 is 0 Å². The molecule has 1 aromatic heterocycles. The molecular weight excluding hydrogens is 240 g/mol.